The number of hydrogen-bond donors (Lipinski definition) is 2. The van der Waals surface area contributed by atoms with Gasteiger partial charge < -0.3 is 24.4 Å². The molecule has 0 aromatic heterocycles. The molecule has 0 radical (unpaired) electrons. The smallest absolute Gasteiger partial charge is 0.237 e. The normalized spacial score (nSPS) is 17.0. The minimum atomic E-state index is -0.0798. The lowest BCUT2D eigenvalue weighted by molar-refractivity contribution is 0.102. The molecule has 6 nitrogen and oxygen atoms in total. The third-order valence-corrected chi connectivity index (χ3v) is 6.26. The first-order chi connectivity index (χ1) is 17.5. The van der Waals surface area contributed by atoms with Gasteiger partial charge in [0, 0.05) is 19.2 Å². The van der Waals surface area contributed by atoms with E-state index in [0.717, 1.165) is 56.3 Å². The van der Waals surface area contributed by atoms with Crippen LogP contribution in [0.3, 0.4) is 0 Å². The average molecular weight is 496 g/mol. The molecular formula is C30H45N3O3. The molecule has 0 aromatic carbocycles. The van der Waals surface area contributed by atoms with Gasteiger partial charge in [-0.3, -0.25) is 5.41 Å². The van der Waals surface area contributed by atoms with Crippen LogP contribution in [0, 0.1) is 5.41 Å². The number of nitrogens with zero attached hydrogens (tertiary/aromatic N) is 1. The molecule has 1 unspecified atom stereocenters. The van der Waals surface area contributed by atoms with Crippen LogP contribution >= 0.6 is 0 Å². The zero-order chi connectivity index (χ0) is 26.2. The van der Waals surface area contributed by atoms with Crippen molar-refractivity contribution < 1.29 is 14.2 Å². The largest absolute Gasteiger partial charge is 0.478 e. The van der Waals surface area contributed by atoms with Gasteiger partial charge in [0.25, 0.3) is 0 Å². The quantitative estimate of drug-likeness (QED) is 0.0637. The van der Waals surface area contributed by atoms with Crippen molar-refractivity contribution in [2.45, 2.75) is 71.4 Å². The molecule has 1 heterocycles. The van der Waals surface area contributed by atoms with E-state index >= 15 is 0 Å². The number of ether oxygens (including phenoxy) is 3. The van der Waals surface area contributed by atoms with Crippen molar-refractivity contribution >= 4 is 5.90 Å². The van der Waals surface area contributed by atoms with E-state index in [1.54, 1.807) is 0 Å². The lowest BCUT2D eigenvalue weighted by Crippen LogP contribution is -2.44. The van der Waals surface area contributed by atoms with Gasteiger partial charge in [-0.25, -0.2) is 0 Å². The molecule has 0 bridgehead atoms. The summed E-state index contributed by atoms with van der Waals surface area (Å²) in [4.78, 5) is 2.00. The molecule has 198 valence electrons. The van der Waals surface area contributed by atoms with Gasteiger partial charge in [-0.15, -0.1) is 0 Å². The first-order valence-electron chi connectivity index (χ1n) is 13.2. The summed E-state index contributed by atoms with van der Waals surface area (Å²) in [5, 5.41) is 11.6. The summed E-state index contributed by atoms with van der Waals surface area (Å²) >= 11 is 0. The van der Waals surface area contributed by atoms with E-state index in [4.69, 9.17) is 19.6 Å². The predicted octanol–water partition coefficient (Wildman–Crippen LogP) is 6.52. The molecule has 0 saturated carbocycles. The van der Waals surface area contributed by atoms with E-state index in [0.29, 0.717) is 31.3 Å². The first kappa shape index (κ1) is 29.3. The standard InChI is InChI=1S/C30H45N3O3/c1-6-9-10-11-21-35-29(31)24(4)26-15-12-14-25(17-18-26)22-36-28(8-3)33(5)30-27(16-13-19-32-30)23-34-20-7-2/h13,15-17,19,30-32H,3-4,6-7,9-12,14,18,20-23H2,1-2,5H3. The summed E-state index contributed by atoms with van der Waals surface area (Å²) in [6.07, 6.45) is 18.3. The van der Waals surface area contributed by atoms with E-state index in [-0.39, 0.29) is 12.1 Å². The highest BCUT2D eigenvalue weighted by atomic mass is 16.5. The van der Waals surface area contributed by atoms with E-state index in [1.165, 1.54) is 18.4 Å². The molecular weight excluding hydrogens is 450 g/mol. The van der Waals surface area contributed by atoms with Crippen LogP contribution in [0.5, 0.6) is 0 Å². The van der Waals surface area contributed by atoms with Crippen molar-refractivity contribution in [3.05, 3.63) is 77.6 Å². The van der Waals surface area contributed by atoms with Gasteiger partial charge in [-0.05, 0) is 61.1 Å². The number of likely N-dealkylation sites (N-methyl/N-ethyl adjacent to an activating group) is 1. The molecule has 2 rings (SSSR count). The maximum Gasteiger partial charge on any atom is 0.237 e. The summed E-state index contributed by atoms with van der Waals surface area (Å²) in [5.74, 6) is 0.773. The number of rotatable bonds is 16. The van der Waals surface area contributed by atoms with Crippen LogP contribution in [0.25, 0.3) is 0 Å². The number of unbranched alkanes of at least 4 members (excludes halogenated alkanes) is 3. The van der Waals surface area contributed by atoms with Crippen molar-refractivity contribution in [3.8, 4) is 0 Å². The molecule has 0 amide bonds. The Kier molecular flexibility index (Phi) is 13.6. The molecule has 1 aliphatic heterocycles. The number of nitrogens with one attached hydrogen (secondary N) is 2. The Morgan fingerprint density at radius 3 is 2.72 bits per heavy atom. The Bertz CT molecular complexity index is 906. The Hall–Kier alpha value is -2.95. The molecule has 1 atom stereocenters. The highest BCUT2D eigenvalue weighted by molar-refractivity contribution is 5.95. The summed E-state index contributed by atoms with van der Waals surface area (Å²) < 4.78 is 17.6. The molecule has 2 N–H and O–H groups in total. The zero-order valence-electron chi connectivity index (χ0n) is 22.5. The summed E-state index contributed by atoms with van der Waals surface area (Å²) in [5.41, 5.74) is 7.02. The molecule has 0 fully saturated rings. The third kappa shape index (κ3) is 9.60. The summed E-state index contributed by atoms with van der Waals surface area (Å²) in [7, 11) is 1.97. The minimum absolute atomic E-state index is 0.0798. The molecule has 6 heteroatoms. The average Bonchev–Trinajstić information content (AvgIpc) is 3.14. The van der Waals surface area contributed by atoms with Crippen molar-refractivity contribution in [3.63, 3.8) is 0 Å². The van der Waals surface area contributed by atoms with Gasteiger partial charge in [0.15, 0.2) is 0 Å². The van der Waals surface area contributed by atoms with Gasteiger partial charge in [0.1, 0.15) is 12.8 Å². The highest BCUT2D eigenvalue weighted by Crippen LogP contribution is 2.24. The van der Waals surface area contributed by atoms with Crippen LogP contribution in [0.2, 0.25) is 0 Å². The van der Waals surface area contributed by atoms with Crippen LogP contribution in [0.1, 0.15) is 65.2 Å². The summed E-state index contributed by atoms with van der Waals surface area (Å²) in [6, 6.07) is 0. The lowest BCUT2D eigenvalue weighted by Gasteiger charge is -2.33. The van der Waals surface area contributed by atoms with E-state index in [2.05, 4.69) is 56.3 Å². The van der Waals surface area contributed by atoms with Crippen LogP contribution in [-0.2, 0) is 14.2 Å². The molecule has 0 spiro atoms. The van der Waals surface area contributed by atoms with Crippen molar-refractivity contribution in [2.24, 2.45) is 0 Å². The zero-order valence-corrected chi connectivity index (χ0v) is 22.5. The maximum absolute atomic E-state index is 8.25. The van der Waals surface area contributed by atoms with Crippen LogP contribution in [-0.4, -0.2) is 50.4 Å². The molecule has 1 aliphatic carbocycles. The van der Waals surface area contributed by atoms with Crippen molar-refractivity contribution in [1.82, 2.24) is 10.2 Å². The Balaban J connectivity index is 1.87. The Morgan fingerprint density at radius 1 is 1.14 bits per heavy atom. The second-order valence-electron chi connectivity index (χ2n) is 9.16. The minimum Gasteiger partial charge on any atom is -0.478 e. The third-order valence-electron chi connectivity index (χ3n) is 6.26. The topological polar surface area (TPSA) is 66.8 Å². The van der Waals surface area contributed by atoms with Crippen LogP contribution in [0.4, 0.5) is 0 Å². The van der Waals surface area contributed by atoms with E-state index in [1.807, 2.05) is 24.2 Å². The summed E-state index contributed by atoms with van der Waals surface area (Å²) in [6.45, 7) is 14.6. The molecule has 36 heavy (non-hydrogen) atoms. The SMILES string of the molecule is C=C=C(OCC1=CCC(C(=C)C(=N)OCCCCCC)=CCC1)N(C)C1NC=CC=C1COCCC. The van der Waals surface area contributed by atoms with Crippen LogP contribution in [0.15, 0.2) is 77.6 Å². The predicted molar refractivity (Wildman–Crippen MR) is 149 cm³/mol. The van der Waals surface area contributed by atoms with Crippen LogP contribution < -0.4 is 5.32 Å². The highest BCUT2D eigenvalue weighted by Gasteiger charge is 2.23. The number of dihydropyridines is 1. The Labute approximate surface area is 218 Å². The van der Waals surface area contributed by atoms with Gasteiger partial charge in [0.2, 0.25) is 11.8 Å². The van der Waals surface area contributed by atoms with E-state index in [9.17, 15) is 0 Å². The fourth-order valence-electron chi connectivity index (χ4n) is 4.08. The first-order valence-corrected chi connectivity index (χ1v) is 13.2. The van der Waals surface area contributed by atoms with Gasteiger partial charge in [0.05, 0.1) is 13.2 Å². The van der Waals surface area contributed by atoms with Crippen molar-refractivity contribution in [1.29, 1.82) is 5.41 Å². The van der Waals surface area contributed by atoms with Gasteiger partial charge >= 0.3 is 0 Å². The molecule has 0 aromatic rings. The van der Waals surface area contributed by atoms with Crippen molar-refractivity contribution in [2.75, 3.05) is 33.5 Å². The monoisotopic (exact) mass is 495 g/mol. The van der Waals surface area contributed by atoms with Gasteiger partial charge in [-0.1, -0.05) is 70.2 Å². The number of hydrogen-bond acceptors (Lipinski definition) is 6. The second-order valence-corrected chi connectivity index (χ2v) is 9.16. The molecule has 0 saturated heterocycles. The lowest BCUT2D eigenvalue weighted by atomic mass is 10.0. The number of allylic oxidation sites excluding steroid dienone is 4. The molecule has 2 aliphatic rings. The maximum atomic E-state index is 8.25. The van der Waals surface area contributed by atoms with Gasteiger partial charge in [-0.2, -0.15) is 0 Å². The second kappa shape index (κ2) is 16.7. The fourth-order valence-corrected chi connectivity index (χ4v) is 4.08. The fraction of sp³-hybridized carbons (Fsp3) is 0.533. The van der Waals surface area contributed by atoms with E-state index < -0.39 is 0 Å². The Morgan fingerprint density at radius 2 is 1.97 bits per heavy atom.